The molecule has 1 aromatic rings. The maximum atomic E-state index is 12.4. The van der Waals surface area contributed by atoms with Gasteiger partial charge in [0.15, 0.2) is 0 Å². The Morgan fingerprint density at radius 1 is 1.29 bits per heavy atom. The lowest BCUT2D eigenvalue weighted by atomic mass is 10.0. The smallest absolute Gasteiger partial charge is 0.253 e. The molecule has 2 aliphatic rings. The molecule has 1 saturated carbocycles. The second-order valence-corrected chi connectivity index (χ2v) is 6.11. The third-order valence-electron chi connectivity index (χ3n) is 4.41. The van der Waals surface area contributed by atoms with Crippen LogP contribution in [0.3, 0.4) is 0 Å². The summed E-state index contributed by atoms with van der Waals surface area (Å²) in [6.45, 7) is 2.75. The summed E-state index contributed by atoms with van der Waals surface area (Å²) in [6.07, 6.45) is 4.80. The van der Waals surface area contributed by atoms with Crippen molar-refractivity contribution in [1.29, 1.82) is 5.26 Å². The molecular formula is C17H21N3O. The van der Waals surface area contributed by atoms with E-state index < -0.39 is 0 Å². The van der Waals surface area contributed by atoms with Crippen molar-refractivity contribution in [2.45, 2.75) is 31.7 Å². The first-order chi connectivity index (χ1) is 10.3. The van der Waals surface area contributed by atoms with Crippen LogP contribution in [0.1, 0.15) is 41.6 Å². The number of hydrogen-bond donors (Lipinski definition) is 1. The minimum absolute atomic E-state index is 0.0488. The third kappa shape index (κ3) is 3.62. The monoisotopic (exact) mass is 283 g/mol. The summed E-state index contributed by atoms with van der Waals surface area (Å²) in [6, 6.07) is 9.61. The Kier molecular flexibility index (Phi) is 4.21. The summed E-state index contributed by atoms with van der Waals surface area (Å²) < 4.78 is 0. The Bertz CT molecular complexity index is 551. The quantitative estimate of drug-likeness (QED) is 0.921. The Labute approximate surface area is 125 Å². The summed E-state index contributed by atoms with van der Waals surface area (Å²) in [4.78, 5) is 14.4. The van der Waals surface area contributed by atoms with Gasteiger partial charge in [-0.3, -0.25) is 4.79 Å². The number of benzene rings is 1. The highest BCUT2D eigenvalue weighted by atomic mass is 16.2. The molecule has 0 unspecified atom stereocenters. The normalized spacial score (nSPS) is 19.3. The van der Waals surface area contributed by atoms with Crippen LogP contribution in [0.15, 0.2) is 24.3 Å². The molecule has 1 aliphatic heterocycles. The van der Waals surface area contributed by atoms with Crippen molar-refractivity contribution in [3.8, 4) is 6.07 Å². The van der Waals surface area contributed by atoms with Crippen molar-refractivity contribution >= 4 is 5.91 Å². The van der Waals surface area contributed by atoms with E-state index in [1.54, 1.807) is 24.3 Å². The van der Waals surface area contributed by atoms with Gasteiger partial charge in [-0.05, 0) is 56.3 Å². The van der Waals surface area contributed by atoms with Crippen LogP contribution < -0.4 is 5.32 Å². The molecule has 21 heavy (non-hydrogen) atoms. The van der Waals surface area contributed by atoms with Crippen LogP contribution in [0.5, 0.6) is 0 Å². The van der Waals surface area contributed by atoms with Crippen molar-refractivity contribution in [2.75, 3.05) is 19.6 Å². The first-order valence-corrected chi connectivity index (χ1v) is 7.79. The second-order valence-electron chi connectivity index (χ2n) is 6.11. The van der Waals surface area contributed by atoms with Gasteiger partial charge in [-0.25, -0.2) is 0 Å². The second kappa shape index (κ2) is 6.28. The average Bonchev–Trinajstić information content (AvgIpc) is 3.37. The van der Waals surface area contributed by atoms with E-state index in [4.69, 9.17) is 5.26 Å². The number of likely N-dealkylation sites (tertiary alicyclic amines) is 1. The van der Waals surface area contributed by atoms with Crippen LogP contribution in [0.4, 0.5) is 0 Å². The van der Waals surface area contributed by atoms with Crippen LogP contribution in [-0.2, 0) is 0 Å². The fourth-order valence-corrected chi connectivity index (χ4v) is 2.85. The fourth-order valence-electron chi connectivity index (χ4n) is 2.85. The zero-order valence-corrected chi connectivity index (χ0v) is 12.2. The first kappa shape index (κ1) is 14.1. The van der Waals surface area contributed by atoms with Crippen molar-refractivity contribution in [3.63, 3.8) is 0 Å². The maximum absolute atomic E-state index is 12.4. The molecule has 110 valence electrons. The highest BCUT2D eigenvalue weighted by molar-refractivity contribution is 5.94. The minimum atomic E-state index is 0.0488. The first-order valence-electron chi connectivity index (χ1n) is 7.79. The third-order valence-corrected chi connectivity index (χ3v) is 4.41. The summed E-state index contributed by atoms with van der Waals surface area (Å²) in [5.74, 6) is 0.950. The summed E-state index contributed by atoms with van der Waals surface area (Å²) >= 11 is 0. The largest absolute Gasteiger partial charge is 0.339 e. The molecule has 1 heterocycles. The van der Waals surface area contributed by atoms with Crippen LogP contribution in [0.2, 0.25) is 0 Å². The fraction of sp³-hybridized carbons (Fsp3) is 0.529. The molecule has 1 aromatic carbocycles. The number of nitrogens with one attached hydrogen (secondary N) is 1. The van der Waals surface area contributed by atoms with Crippen molar-refractivity contribution in [1.82, 2.24) is 10.2 Å². The molecule has 0 bridgehead atoms. The summed E-state index contributed by atoms with van der Waals surface area (Å²) in [5, 5.41) is 12.5. The molecule has 2 fully saturated rings. The van der Waals surface area contributed by atoms with Gasteiger partial charge >= 0.3 is 0 Å². The molecular weight excluding hydrogens is 262 g/mol. The van der Waals surface area contributed by atoms with Gasteiger partial charge in [-0.15, -0.1) is 0 Å². The van der Waals surface area contributed by atoms with Crippen molar-refractivity contribution < 1.29 is 4.79 Å². The number of carbonyl (C=O) groups excluding carboxylic acids is 1. The zero-order chi connectivity index (χ0) is 14.7. The van der Waals surface area contributed by atoms with E-state index in [0.29, 0.717) is 17.2 Å². The van der Waals surface area contributed by atoms with Gasteiger partial charge in [0.05, 0.1) is 11.6 Å². The number of nitrogens with zero attached hydrogens (tertiary/aromatic N) is 2. The van der Waals surface area contributed by atoms with Gasteiger partial charge < -0.3 is 10.2 Å². The van der Waals surface area contributed by atoms with E-state index in [1.165, 1.54) is 12.8 Å². The molecule has 4 heteroatoms. The Balaban J connectivity index is 1.53. The molecule has 1 aliphatic carbocycles. The van der Waals surface area contributed by atoms with E-state index in [9.17, 15) is 4.79 Å². The number of hydrogen-bond acceptors (Lipinski definition) is 3. The summed E-state index contributed by atoms with van der Waals surface area (Å²) in [7, 11) is 0. The van der Waals surface area contributed by atoms with Crippen LogP contribution in [0.25, 0.3) is 0 Å². The van der Waals surface area contributed by atoms with Crippen LogP contribution in [-0.4, -0.2) is 36.5 Å². The number of piperidine rings is 1. The highest BCUT2D eigenvalue weighted by Crippen LogP contribution is 2.28. The molecule has 3 rings (SSSR count). The van der Waals surface area contributed by atoms with Crippen molar-refractivity contribution in [3.05, 3.63) is 35.4 Å². The molecule has 0 aromatic heterocycles. The van der Waals surface area contributed by atoms with E-state index in [1.807, 2.05) is 4.90 Å². The highest BCUT2D eigenvalue weighted by Gasteiger charge is 2.26. The van der Waals surface area contributed by atoms with Gasteiger partial charge in [0.1, 0.15) is 0 Å². The van der Waals surface area contributed by atoms with Crippen molar-refractivity contribution in [2.24, 2.45) is 5.92 Å². The summed E-state index contributed by atoms with van der Waals surface area (Å²) in [5.41, 5.74) is 1.17. The van der Waals surface area contributed by atoms with E-state index in [2.05, 4.69) is 11.4 Å². The van der Waals surface area contributed by atoms with E-state index >= 15 is 0 Å². The molecule has 1 N–H and O–H groups in total. The van der Waals surface area contributed by atoms with Gasteiger partial charge in [-0.2, -0.15) is 5.26 Å². The van der Waals surface area contributed by atoms with E-state index in [-0.39, 0.29) is 5.91 Å². The Morgan fingerprint density at radius 3 is 2.71 bits per heavy atom. The molecule has 4 nitrogen and oxygen atoms in total. The van der Waals surface area contributed by atoms with Gasteiger partial charge in [0.25, 0.3) is 5.91 Å². The van der Waals surface area contributed by atoms with Crippen LogP contribution in [0, 0.1) is 17.2 Å². The van der Waals surface area contributed by atoms with Gasteiger partial charge in [0.2, 0.25) is 0 Å². The SMILES string of the molecule is N#Cc1cccc(C(=O)N2CCC(NCC3CC3)CC2)c1. The topological polar surface area (TPSA) is 56.1 Å². The van der Waals surface area contributed by atoms with E-state index in [0.717, 1.165) is 38.4 Å². The Hall–Kier alpha value is -1.86. The number of rotatable bonds is 4. The number of nitriles is 1. The number of carbonyl (C=O) groups is 1. The van der Waals surface area contributed by atoms with Gasteiger partial charge in [0, 0.05) is 24.7 Å². The standard InChI is InChI=1S/C17H21N3O/c18-11-14-2-1-3-15(10-14)17(21)20-8-6-16(7-9-20)19-12-13-4-5-13/h1-3,10,13,16,19H,4-9,12H2. The molecule has 0 spiro atoms. The molecule has 0 atom stereocenters. The maximum Gasteiger partial charge on any atom is 0.253 e. The lowest BCUT2D eigenvalue weighted by Gasteiger charge is -2.32. The Morgan fingerprint density at radius 2 is 2.05 bits per heavy atom. The predicted octanol–water partition coefficient (Wildman–Crippen LogP) is 2.16. The van der Waals surface area contributed by atoms with Gasteiger partial charge in [-0.1, -0.05) is 6.07 Å². The molecule has 1 saturated heterocycles. The predicted molar refractivity (Wildman–Crippen MR) is 80.8 cm³/mol. The number of amides is 1. The zero-order valence-electron chi connectivity index (χ0n) is 12.2. The van der Waals surface area contributed by atoms with Crippen LogP contribution >= 0.6 is 0 Å². The minimum Gasteiger partial charge on any atom is -0.339 e. The molecule has 1 amide bonds. The average molecular weight is 283 g/mol. The lowest BCUT2D eigenvalue weighted by Crippen LogP contribution is -2.45. The molecule has 0 radical (unpaired) electrons. The lowest BCUT2D eigenvalue weighted by molar-refractivity contribution is 0.0705.